The molecule has 26 heavy (non-hydrogen) atoms. The number of aryl methyl sites for hydroxylation is 1. The molecule has 0 aliphatic rings. The van der Waals surface area contributed by atoms with Crippen LogP contribution in [0.3, 0.4) is 0 Å². The van der Waals surface area contributed by atoms with E-state index in [9.17, 15) is 14.0 Å². The molecule has 138 valence electrons. The molecule has 0 unspecified atom stereocenters. The molecule has 0 saturated heterocycles. The highest BCUT2D eigenvalue weighted by molar-refractivity contribution is 6.24. The summed E-state index contributed by atoms with van der Waals surface area (Å²) in [6.07, 6.45) is 0.852. The van der Waals surface area contributed by atoms with Crippen molar-refractivity contribution < 1.29 is 14.0 Å². The van der Waals surface area contributed by atoms with Crippen molar-refractivity contribution in [1.82, 2.24) is 9.54 Å². The summed E-state index contributed by atoms with van der Waals surface area (Å²) in [5, 5.41) is 1.13. The van der Waals surface area contributed by atoms with Crippen molar-refractivity contribution in [3.05, 3.63) is 71.0 Å². The molecule has 6 heteroatoms. The minimum absolute atomic E-state index is 0.203. The van der Waals surface area contributed by atoms with E-state index >= 15 is 0 Å². The van der Waals surface area contributed by atoms with E-state index in [0.29, 0.717) is 10.1 Å². The Balaban J connectivity index is 2.39. The van der Waals surface area contributed by atoms with Crippen molar-refractivity contribution >= 4 is 23.6 Å². The molecular weight excluding hydrogens is 355 g/mol. The average molecular weight is 377 g/mol. The van der Waals surface area contributed by atoms with Crippen LogP contribution in [-0.4, -0.2) is 26.9 Å². The molecule has 0 bridgehead atoms. The number of halogens is 2. The first-order valence-electron chi connectivity index (χ1n) is 8.35. The molecule has 0 atom stereocenters. The van der Waals surface area contributed by atoms with E-state index in [1.807, 2.05) is 19.1 Å². The summed E-state index contributed by atoms with van der Waals surface area (Å²) in [5.74, 6) is -1.95. The topological polar surface area (TPSA) is 40.6 Å². The summed E-state index contributed by atoms with van der Waals surface area (Å²) in [7, 11) is 0. The summed E-state index contributed by atoms with van der Waals surface area (Å²) in [6.45, 7) is 7.26. The number of carbonyl (C=O) groups is 2. The Morgan fingerprint density at radius 1 is 1.00 bits per heavy atom. The maximum atomic E-state index is 14.0. The lowest BCUT2D eigenvalue weighted by molar-refractivity contribution is -0.00392. The molecule has 0 saturated carbocycles. The van der Waals surface area contributed by atoms with Crippen molar-refractivity contribution in [2.75, 3.05) is 0 Å². The van der Waals surface area contributed by atoms with Gasteiger partial charge in [0.2, 0.25) is 0 Å². The minimum atomic E-state index is -0.807. The van der Waals surface area contributed by atoms with Gasteiger partial charge < -0.3 is 0 Å². The lowest BCUT2D eigenvalue weighted by Gasteiger charge is -2.39. The number of carbonyl (C=O) groups excluding carboxylic acids is 2. The number of hydrogen-bond acceptors (Lipinski definition) is 2. The first-order valence-corrected chi connectivity index (χ1v) is 8.68. The quantitative estimate of drug-likeness (QED) is 0.568. The molecule has 0 spiro atoms. The lowest BCUT2D eigenvalue weighted by Crippen LogP contribution is -2.54. The maximum Gasteiger partial charge on any atom is 0.290 e. The molecule has 0 aliphatic heterocycles. The summed E-state index contributed by atoms with van der Waals surface area (Å²) in [4.78, 5) is 25.7. The van der Waals surface area contributed by atoms with E-state index in [-0.39, 0.29) is 5.56 Å². The number of rotatable bonds is 3. The average Bonchev–Trinajstić information content (AvgIpc) is 2.60. The van der Waals surface area contributed by atoms with E-state index < -0.39 is 23.2 Å². The summed E-state index contributed by atoms with van der Waals surface area (Å²) < 4.78 is 14.6. The van der Waals surface area contributed by atoms with Gasteiger partial charge in [-0.3, -0.25) is 9.59 Å². The molecule has 2 amide bonds. The highest BCUT2D eigenvalue weighted by Crippen LogP contribution is 2.24. The van der Waals surface area contributed by atoms with Crippen LogP contribution >= 0.6 is 11.8 Å². The van der Waals surface area contributed by atoms with Crippen LogP contribution in [0.1, 0.15) is 54.0 Å². The van der Waals surface area contributed by atoms with Crippen LogP contribution in [0.15, 0.2) is 48.5 Å². The van der Waals surface area contributed by atoms with Gasteiger partial charge in [-0.05, 0) is 57.0 Å². The Morgan fingerprint density at radius 3 is 2.08 bits per heavy atom. The Morgan fingerprint density at radius 2 is 1.58 bits per heavy atom. The third kappa shape index (κ3) is 4.22. The number of benzene rings is 2. The zero-order chi connectivity index (χ0) is 19.5. The van der Waals surface area contributed by atoms with Gasteiger partial charge in [0.05, 0.1) is 11.1 Å². The van der Waals surface area contributed by atoms with Gasteiger partial charge in [0.15, 0.2) is 0 Å². The first kappa shape index (κ1) is 19.9. The molecular formula is C20H22ClFN2O2. The largest absolute Gasteiger partial charge is 0.290 e. The highest BCUT2D eigenvalue weighted by Gasteiger charge is 2.36. The van der Waals surface area contributed by atoms with Gasteiger partial charge in [-0.1, -0.05) is 31.2 Å². The van der Waals surface area contributed by atoms with E-state index in [1.54, 1.807) is 32.9 Å². The van der Waals surface area contributed by atoms with Gasteiger partial charge in [-0.2, -0.15) is 0 Å². The fourth-order valence-corrected chi connectivity index (χ4v) is 2.86. The first-order chi connectivity index (χ1) is 12.2. The van der Waals surface area contributed by atoms with Gasteiger partial charge in [0.25, 0.3) is 11.8 Å². The molecule has 2 aromatic rings. The fourth-order valence-electron chi connectivity index (χ4n) is 2.48. The van der Waals surface area contributed by atoms with Gasteiger partial charge >= 0.3 is 0 Å². The normalized spacial score (nSPS) is 11.2. The Hall–Kier alpha value is -2.40. The molecule has 0 fully saturated rings. The molecule has 0 N–H and O–H groups in total. The third-order valence-electron chi connectivity index (χ3n) is 3.88. The van der Waals surface area contributed by atoms with Crippen molar-refractivity contribution in [2.24, 2.45) is 0 Å². The standard InChI is InChI=1S/C20H22ClFN2O2/c1-5-14-10-12-15(13-11-14)18(25)23(20(2,3)4)24(21)19(26)16-8-6-7-9-17(16)22/h6-13H,5H2,1-4H3. The van der Waals surface area contributed by atoms with Crippen LogP contribution < -0.4 is 0 Å². The van der Waals surface area contributed by atoms with E-state index in [1.165, 1.54) is 24.3 Å². The SMILES string of the molecule is CCc1ccc(C(=O)N(N(Cl)C(=O)c2ccccc2F)C(C)(C)C)cc1. The Bertz CT molecular complexity index is 800. The van der Waals surface area contributed by atoms with Crippen LogP contribution in [0.5, 0.6) is 0 Å². The number of hydrogen-bond donors (Lipinski definition) is 0. The van der Waals surface area contributed by atoms with Gasteiger partial charge in [-0.25, -0.2) is 9.40 Å². The third-order valence-corrected chi connectivity index (χ3v) is 4.19. The molecule has 4 nitrogen and oxygen atoms in total. The van der Waals surface area contributed by atoms with Crippen molar-refractivity contribution in [2.45, 2.75) is 39.7 Å². The smallest absolute Gasteiger partial charge is 0.267 e. The highest BCUT2D eigenvalue weighted by atomic mass is 35.5. The van der Waals surface area contributed by atoms with E-state index in [4.69, 9.17) is 11.8 Å². The minimum Gasteiger partial charge on any atom is -0.267 e. The zero-order valence-corrected chi connectivity index (χ0v) is 16.0. The number of hydrazine groups is 1. The van der Waals surface area contributed by atoms with E-state index in [2.05, 4.69) is 0 Å². The zero-order valence-electron chi connectivity index (χ0n) is 15.3. The second-order valence-electron chi connectivity index (χ2n) is 6.88. The van der Waals surface area contributed by atoms with Crippen LogP contribution in [0.2, 0.25) is 0 Å². The van der Waals surface area contributed by atoms with Crippen LogP contribution in [-0.2, 0) is 6.42 Å². The molecule has 0 radical (unpaired) electrons. The summed E-state index contributed by atoms with van der Waals surface area (Å²) in [5.41, 5.74) is 0.479. The predicted octanol–water partition coefficient (Wildman–Crippen LogP) is 4.84. The van der Waals surface area contributed by atoms with Crippen LogP contribution in [0, 0.1) is 5.82 Å². The van der Waals surface area contributed by atoms with E-state index in [0.717, 1.165) is 17.0 Å². The van der Waals surface area contributed by atoms with Crippen molar-refractivity contribution in [1.29, 1.82) is 0 Å². The molecule has 0 heterocycles. The fraction of sp³-hybridized carbons (Fsp3) is 0.300. The number of amides is 2. The van der Waals surface area contributed by atoms with Gasteiger partial charge in [0, 0.05) is 17.3 Å². The Labute approximate surface area is 158 Å². The predicted molar refractivity (Wildman–Crippen MR) is 100 cm³/mol. The Kier molecular flexibility index (Phi) is 6.03. The van der Waals surface area contributed by atoms with Gasteiger partial charge in [-0.15, -0.1) is 4.53 Å². The lowest BCUT2D eigenvalue weighted by atomic mass is 10.0. The van der Waals surface area contributed by atoms with Crippen molar-refractivity contribution in [3.8, 4) is 0 Å². The monoisotopic (exact) mass is 376 g/mol. The van der Waals surface area contributed by atoms with Crippen LogP contribution in [0.4, 0.5) is 4.39 Å². The maximum absolute atomic E-state index is 14.0. The summed E-state index contributed by atoms with van der Waals surface area (Å²) >= 11 is 6.21. The van der Waals surface area contributed by atoms with Crippen molar-refractivity contribution in [3.63, 3.8) is 0 Å². The van der Waals surface area contributed by atoms with Gasteiger partial charge in [0.1, 0.15) is 5.82 Å². The number of nitrogens with zero attached hydrogens (tertiary/aromatic N) is 2. The van der Waals surface area contributed by atoms with Crippen LogP contribution in [0.25, 0.3) is 0 Å². The summed E-state index contributed by atoms with van der Waals surface area (Å²) in [6, 6.07) is 12.6. The molecule has 0 aliphatic carbocycles. The second-order valence-corrected chi connectivity index (χ2v) is 7.20. The molecule has 0 aromatic heterocycles. The molecule has 2 aromatic carbocycles. The second kappa shape index (κ2) is 7.87. The molecule has 2 rings (SSSR count).